The Labute approximate surface area is 191 Å². The number of halogens is 1. The van der Waals surface area contributed by atoms with Crippen molar-refractivity contribution in [3.63, 3.8) is 0 Å². The molecule has 10 nitrogen and oxygen atoms in total. The van der Waals surface area contributed by atoms with E-state index in [1.54, 1.807) is 26.4 Å². The summed E-state index contributed by atoms with van der Waals surface area (Å²) in [6, 6.07) is 7.66. The van der Waals surface area contributed by atoms with Gasteiger partial charge < -0.3 is 0 Å². The number of ether oxygens (including phenoxy) is 2. The molecule has 0 aromatic heterocycles. The maximum absolute atomic E-state index is 10.4. The number of nitrogens with two attached hydrogens (primary N) is 1. The fraction of sp³-hybridized carbons (Fsp3) is 0.529. The summed E-state index contributed by atoms with van der Waals surface area (Å²) in [4.78, 5) is 13.5. The number of hydrogen-bond donors (Lipinski definition) is 5. The van der Waals surface area contributed by atoms with Crippen LogP contribution in [0.2, 0.25) is 5.02 Å². The third-order valence-electron chi connectivity index (χ3n) is 5.70. The molecule has 4 heterocycles. The second-order valence-corrected chi connectivity index (χ2v) is 11.7. The Balaban J connectivity index is 1.46. The average Bonchev–Trinajstić information content (AvgIpc) is 3.26. The number of rotatable bonds is 4. The van der Waals surface area contributed by atoms with Gasteiger partial charge in [0.2, 0.25) is 0 Å². The Kier molecular flexibility index (Phi) is 6.06. The van der Waals surface area contributed by atoms with Gasteiger partial charge in [-0.2, -0.15) is 0 Å². The zero-order chi connectivity index (χ0) is 21.8. The molecule has 0 spiro atoms. The van der Waals surface area contributed by atoms with Crippen LogP contribution in [-0.4, -0.2) is 73.9 Å². The SMILES string of the molecule is B[PH]1(O)OCC2OC(N3C4=C(NC3Sc3ccc(Cl)cc3)C(N)NCN4)C(OC)[C@@H]2O1. The normalized spacial score (nSPS) is 37.6. The van der Waals surface area contributed by atoms with E-state index in [1.165, 1.54) is 0 Å². The molecule has 0 saturated carbocycles. The zero-order valence-corrected chi connectivity index (χ0v) is 19.7. The van der Waals surface area contributed by atoms with Gasteiger partial charge in [-0.1, -0.05) is 0 Å². The van der Waals surface area contributed by atoms with Crippen molar-refractivity contribution in [3.05, 3.63) is 40.8 Å². The van der Waals surface area contributed by atoms with Crippen molar-refractivity contribution in [2.45, 2.75) is 41.1 Å². The summed E-state index contributed by atoms with van der Waals surface area (Å²) in [6.45, 7) is 0.784. The number of benzene rings is 1. The Morgan fingerprint density at radius 3 is 2.90 bits per heavy atom. The van der Waals surface area contributed by atoms with Crippen molar-refractivity contribution in [2.24, 2.45) is 5.73 Å². The van der Waals surface area contributed by atoms with Crippen molar-refractivity contribution < 1.29 is 23.4 Å². The van der Waals surface area contributed by atoms with E-state index in [0.29, 0.717) is 11.7 Å². The topological polar surface area (TPSA) is 123 Å². The minimum atomic E-state index is -3.20. The first-order valence-corrected chi connectivity index (χ1v) is 13.5. The van der Waals surface area contributed by atoms with Gasteiger partial charge in [0.25, 0.3) is 0 Å². The van der Waals surface area contributed by atoms with Crippen molar-refractivity contribution in [2.75, 3.05) is 20.4 Å². The van der Waals surface area contributed by atoms with Crippen LogP contribution in [0, 0.1) is 0 Å². The van der Waals surface area contributed by atoms with E-state index in [1.807, 2.05) is 24.3 Å². The van der Waals surface area contributed by atoms with Gasteiger partial charge in [0, 0.05) is 0 Å². The van der Waals surface area contributed by atoms with E-state index in [9.17, 15) is 4.89 Å². The summed E-state index contributed by atoms with van der Waals surface area (Å²) in [7, 11) is 0.0284. The van der Waals surface area contributed by atoms with Gasteiger partial charge in [-0.05, 0) is 0 Å². The van der Waals surface area contributed by atoms with Crippen LogP contribution in [0.3, 0.4) is 0 Å². The molecule has 4 aliphatic heterocycles. The molecule has 5 unspecified atom stereocenters. The van der Waals surface area contributed by atoms with E-state index in [-0.39, 0.29) is 24.4 Å². The molecular weight excluding hydrogens is 464 g/mol. The molecule has 0 amide bonds. The number of nitrogens with zero attached hydrogens (tertiary/aromatic N) is 1. The van der Waals surface area contributed by atoms with E-state index in [0.717, 1.165) is 16.4 Å². The zero-order valence-electron chi connectivity index (χ0n) is 17.1. The first-order chi connectivity index (χ1) is 14.9. The second-order valence-electron chi connectivity index (χ2n) is 7.83. The maximum atomic E-state index is 10.4. The molecular formula is C17H26BClN5O5PS. The summed E-state index contributed by atoms with van der Waals surface area (Å²) < 4.78 is 23.6. The quantitative estimate of drug-likeness (QED) is 0.276. The molecule has 14 heteroatoms. The van der Waals surface area contributed by atoms with Gasteiger partial charge in [-0.25, -0.2) is 0 Å². The van der Waals surface area contributed by atoms with Gasteiger partial charge in [0.1, 0.15) is 0 Å². The molecule has 6 atom stereocenters. The summed E-state index contributed by atoms with van der Waals surface area (Å²) in [5.41, 5.74) is 6.94. The van der Waals surface area contributed by atoms with E-state index < -0.39 is 26.3 Å². The van der Waals surface area contributed by atoms with Crippen LogP contribution in [0.25, 0.3) is 0 Å². The molecule has 0 radical (unpaired) electrons. The van der Waals surface area contributed by atoms with Crippen LogP contribution in [0.4, 0.5) is 0 Å². The fourth-order valence-corrected chi connectivity index (χ4v) is 6.80. The monoisotopic (exact) mass is 489 g/mol. The molecule has 2 fully saturated rings. The van der Waals surface area contributed by atoms with Gasteiger partial charge in [-0.15, -0.1) is 0 Å². The molecule has 170 valence electrons. The summed E-state index contributed by atoms with van der Waals surface area (Å²) in [5.74, 6) is 0.855. The van der Waals surface area contributed by atoms with Crippen LogP contribution in [0.1, 0.15) is 0 Å². The van der Waals surface area contributed by atoms with E-state index in [2.05, 4.69) is 20.9 Å². The number of methoxy groups -OCH3 is 1. The predicted molar refractivity (Wildman–Crippen MR) is 122 cm³/mol. The van der Waals surface area contributed by atoms with Crippen molar-refractivity contribution in [1.29, 1.82) is 0 Å². The summed E-state index contributed by atoms with van der Waals surface area (Å²) in [5, 5.41) is 10.8. The Hall–Kier alpha value is -0.785. The van der Waals surface area contributed by atoms with Crippen LogP contribution in [-0.2, 0) is 18.5 Å². The Bertz CT molecular complexity index is 870. The molecule has 1 aromatic rings. The fourth-order valence-electron chi connectivity index (χ4n) is 4.27. The standard InChI is InChI=1S/C17H26BClN5O5PS/c1-26-13-12-10(6-27-30(18,25)29-12)28-16(13)24-15-11(14(20)21-7-22-15)23-17(24)31-9-4-2-8(19)3-5-9/h2-5,10,12-14,16-17,21-23,25,30H,6-7,18,20H2,1H3/t10?,12-,13?,14?,16?,17?/m1/s1. The first-order valence-electron chi connectivity index (χ1n) is 10.0. The van der Waals surface area contributed by atoms with Gasteiger partial charge in [-0.3, -0.25) is 0 Å². The van der Waals surface area contributed by atoms with Crippen LogP contribution in [0.15, 0.2) is 40.7 Å². The summed E-state index contributed by atoms with van der Waals surface area (Å²) in [6.07, 6.45) is -2.01. The van der Waals surface area contributed by atoms with Crippen LogP contribution >= 0.6 is 31.2 Å². The second kappa shape index (κ2) is 8.53. The minimum absolute atomic E-state index is 0.217. The van der Waals surface area contributed by atoms with E-state index in [4.69, 9.17) is 35.9 Å². The predicted octanol–water partition coefficient (Wildman–Crippen LogP) is -0.584. The molecule has 6 N–H and O–H groups in total. The number of thioether (sulfide) groups is 1. The third kappa shape index (κ3) is 4.15. The summed E-state index contributed by atoms with van der Waals surface area (Å²) >= 11 is 7.66. The van der Waals surface area contributed by atoms with E-state index >= 15 is 0 Å². The molecule has 5 rings (SSSR count). The molecule has 2 saturated heterocycles. The first kappa shape index (κ1) is 22.0. The molecule has 0 aliphatic carbocycles. The van der Waals surface area contributed by atoms with Crippen molar-refractivity contribution in [1.82, 2.24) is 20.9 Å². The van der Waals surface area contributed by atoms with Crippen LogP contribution in [0.5, 0.6) is 0 Å². The Morgan fingerprint density at radius 1 is 1.39 bits per heavy atom. The molecule has 1 aromatic carbocycles. The van der Waals surface area contributed by atoms with Crippen LogP contribution < -0.4 is 21.7 Å². The van der Waals surface area contributed by atoms with Gasteiger partial charge in [0.05, 0.1) is 0 Å². The Morgan fingerprint density at radius 2 is 2.16 bits per heavy atom. The van der Waals surface area contributed by atoms with Gasteiger partial charge in [0.15, 0.2) is 0 Å². The number of nitrogens with one attached hydrogen (secondary N) is 3. The average molecular weight is 490 g/mol. The number of hydrogen-bond acceptors (Lipinski definition) is 11. The van der Waals surface area contributed by atoms with Crippen molar-refractivity contribution >= 4 is 38.8 Å². The molecule has 4 aliphatic rings. The number of fused-ring (bicyclic) bond motifs is 1. The molecule has 31 heavy (non-hydrogen) atoms. The van der Waals surface area contributed by atoms with Gasteiger partial charge >= 0.3 is 191 Å². The van der Waals surface area contributed by atoms with Crippen molar-refractivity contribution in [3.8, 4) is 0 Å². The molecule has 0 bridgehead atoms. The third-order valence-corrected chi connectivity index (χ3v) is 8.47.